The first-order valence-electron chi connectivity index (χ1n) is 8.37. The number of piperidine rings is 1. The van der Waals surface area contributed by atoms with Crippen molar-refractivity contribution in [2.24, 2.45) is 5.92 Å². The minimum Gasteiger partial charge on any atom is -0.382 e. The van der Waals surface area contributed by atoms with Gasteiger partial charge < -0.3 is 10.2 Å². The average Bonchev–Trinajstić information content (AvgIpc) is 2.95. The number of rotatable bonds is 4. The first-order chi connectivity index (χ1) is 9.76. The van der Waals surface area contributed by atoms with Gasteiger partial charge in [-0.2, -0.15) is 0 Å². The normalized spacial score (nSPS) is 21.7. The fourth-order valence-electron chi connectivity index (χ4n) is 3.81. The molecule has 110 valence electrons. The summed E-state index contributed by atoms with van der Waals surface area (Å²) in [7, 11) is 0. The summed E-state index contributed by atoms with van der Waals surface area (Å²) >= 11 is 0. The van der Waals surface area contributed by atoms with E-state index in [9.17, 15) is 0 Å². The Balaban J connectivity index is 1.57. The molecule has 1 fully saturated rings. The van der Waals surface area contributed by atoms with E-state index in [4.69, 9.17) is 0 Å². The summed E-state index contributed by atoms with van der Waals surface area (Å²) < 4.78 is 0. The number of nitrogens with zero attached hydrogens (tertiary/aromatic N) is 1. The van der Waals surface area contributed by atoms with Crippen LogP contribution >= 0.6 is 0 Å². The van der Waals surface area contributed by atoms with E-state index in [0.717, 1.165) is 5.92 Å². The van der Waals surface area contributed by atoms with E-state index in [1.54, 1.807) is 11.1 Å². The van der Waals surface area contributed by atoms with Crippen LogP contribution in [0.25, 0.3) is 0 Å². The monoisotopic (exact) mass is 272 g/mol. The number of aryl methyl sites for hydroxylation is 2. The smallest absolute Gasteiger partial charge is 0.0345 e. The predicted octanol–water partition coefficient (Wildman–Crippen LogP) is 3.71. The molecule has 1 aromatic rings. The third kappa shape index (κ3) is 3.01. The summed E-state index contributed by atoms with van der Waals surface area (Å²) in [6.07, 6.45) is 6.57. The molecule has 0 aromatic heterocycles. The number of benzene rings is 1. The second-order valence-electron chi connectivity index (χ2n) is 6.54. The van der Waals surface area contributed by atoms with E-state index in [1.807, 2.05) is 0 Å². The molecule has 1 unspecified atom stereocenters. The Morgan fingerprint density at radius 3 is 2.70 bits per heavy atom. The zero-order valence-electron chi connectivity index (χ0n) is 13.0. The first kappa shape index (κ1) is 13.9. The molecule has 1 aliphatic heterocycles. The van der Waals surface area contributed by atoms with Gasteiger partial charge in [0.1, 0.15) is 0 Å². The first-order valence-corrected chi connectivity index (χ1v) is 8.37. The largest absolute Gasteiger partial charge is 0.382 e. The summed E-state index contributed by atoms with van der Waals surface area (Å²) in [5.74, 6) is 0.825. The van der Waals surface area contributed by atoms with Crippen molar-refractivity contribution in [3.05, 3.63) is 29.3 Å². The van der Waals surface area contributed by atoms with Crippen molar-refractivity contribution in [1.82, 2.24) is 4.90 Å². The van der Waals surface area contributed by atoms with Crippen LogP contribution in [0.4, 0.5) is 5.69 Å². The van der Waals surface area contributed by atoms with Gasteiger partial charge in [0, 0.05) is 11.7 Å². The maximum Gasteiger partial charge on any atom is 0.0345 e. The van der Waals surface area contributed by atoms with Gasteiger partial charge in [-0.3, -0.25) is 0 Å². The molecule has 1 N–H and O–H groups in total. The lowest BCUT2D eigenvalue weighted by Crippen LogP contribution is -2.39. The number of hydrogen-bond acceptors (Lipinski definition) is 2. The highest BCUT2D eigenvalue weighted by molar-refractivity contribution is 5.50. The fraction of sp³-hybridized carbons (Fsp3) is 0.667. The Kier molecular flexibility index (Phi) is 4.30. The lowest BCUT2D eigenvalue weighted by Gasteiger charge is -2.35. The highest BCUT2D eigenvalue weighted by Crippen LogP contribution is 2.27. The zero-order valence-corrected chi connectivity index (χ0v) is 13.0. The van der Waals surface area contributed by atoms with Crippen LogP contribution in [0.1, 0.15) is 44.2 Å². The molecule has 0 bridgehead atoms. The molecular formula is C18H28N2. The lowest BCUT2D eigenvalue weighted by atomic mass is 9.90. The van der Waals surface area contributed by atoms with Crippen LogP contribution in [0.15, 0.2) is 18.2 Å². The van der Waals surface area contributed by atoms with Crippen molar-refractivity contribution in [2.75, 3.05) is 25.0 Å². The molecule has 20 heavy (non-hydrogen) atoms. The van der Waals surface area contributed by atoms with Crippen LogP contribution in [0.3, 0.4) is 0 Å². The van der Waals surface area contributed by atoms with Crippen LogP contribution in [0.5, 0.6) is 0 Å². The molecule has 1 aliphatic carbocycles. The van der Waals surface area contributed by atoms with Gasteiger partial charge in [-0.05, 0) is 87.8 Å². The van der Waals surface area contributed by atoms with Crippen LogP contribution in [0.2, 0.25) is 0 Å². The second kappa shape index (κ2) is 6.17. The van der Waals surface area contributed by atoms with E-state index in [0.29, 0.717) is 6.04 Å². The molecule has 2 nitrogen and oxygen atoms in total. The van der Waals surface area contributed by atoms with Gasteiger partial charge in [0.05, 0.1) is 0 Å². The van der Waals surface area contributed by atoms with Gasteiger partial charge in [-0.1, -0.05) is 13.0 Å². The van der Waals surface area contributed by atoms with Crippen LogP contribution in [0, 0.1) is 5.92 Å². The number of nitrogens with one attached hydrogen (secondary N) is 1. The number of fused-ring (bicyclic) bond motifs is 1. The SMILES string of the molecule is CCN1CCC(C(C)Nc2ccc3c(c2)CCC3)CC1. The third-order valence-corrected chi connectivity index (χ3v) is 5.28. The Morgan fingerprint density at radius 2 is 1.95 bits per heavy atom. The van der Waals surface area contributed by atoms with Crippen molar-refractivity contribution in [3.8, 4) is 0 Å². The van der Waals surface area contributed by atoms with Crippen molar-refractivity contribution >= 4 is 5.69 Å². The van der Waals surface area contributed by atoms with E-state index >= 15 is 0 Å². The lowest BCUT2D eigenvalue weighted by molar-refractivity contribution is 0.183. The van der Waals surface area contributed by atoms with E-state index in [-0.39, 0.29) is 0 Å². The molecule has 2 heteroatoms. The minimum atomic E-state index is 0.591. The maximum atomic E-state index is 3.76. The molecule has 3 rings (SSSR count). The molecule has 2 aliphatic rings. The molecule has 0 radical (unpaired) electrons. The van der Waals surface area contributed by atoms with Crippen LogP contribution in [-0.2, 0) is 12.8 Å². The van der Waals surface area contributed by atoms with Crippen molar-refractivity contribution in [3.63, 3.8) is 0 Å². The molecular weight excluding hydrogens is 244 g/mol. The number of likely N-dealkylation sites (tertiary alicyclic amines) is 1. The molecule has 0 spiro atoms. The van der Waals surface area contributed by atoms with Gasteiger partial charge in [0.25, 0.3) is 0 Å². The van der Waals surface area contributed by atoms with Gasteiger partial charge in [0.2, 0.25) is 0 Å². The zero-order chi connectivity index (χ0) is 13.9. The Morgan fingerprint density at radius 1 is 1.20 bits per heavy atom. The standard InChI is InChI=1S/C18H28N2/c1-3-20-11-9-15(10-12-20)14(2)19-18-8-7-16-5-4-6-17(16)13-18/h7-8,13-15,19H,3-6,9-12H2,1-2H3. The average molecular weight is 272 g/mol. The highest BCUT2D eigenvalue weighted by atomic mass is 15.1. The summed E-state index contributed by atoms with van der Waals surface area (Å²) in [5.41, 5.74) is 4.47. The summed E-state index contributed by atoms with van der Waals surface area (Å²) in [6.45, 7) is 8.39. The summed E-state index contributed by atoms with van der Waals surface area (Å²) in [5, 5.41) is 3.76. The highest BCUT2D eigenvalue weighted by Gasteiger charge is 2.23. The molecule has 1 heterocycles. The van der Waals surface area contributed by atoms with E-state index in [2.05, 4.69) is 42.3 Å². The Hall–Kier alpha value is -1.02. The Labute approximate surface area is 123 Å². The molecule has 0 saturated carbocycles. The van der Waals surface area contributed by atoms with Crippen LogP contribution in [-0.4, -0.2) is 30.6 Å². The molecule has 0 amide bonds. The quantitative estimate of drug-likeness (QED) is 0.899. The fourth-order valence-corrected chi connectivity index (χ4v) is 3.81. The summed E-state index contributed by atoms with van der Waals surface area (Å²) in [4.78, 5) is 2.57. The minimum absolute atomic E-state index is 0.591. The van der Waals surface area contributed by atoms with Gasteiger partial charge in [-0.15, -0.1) is 0 Å². The van der Waals surface area contributed by atoms with Gasteiger partial charge in [0.15, 0.2) is 0 Å². The van der Waals surface area contributed by atoms with E-state index in [1.165, 1.54) is 57.4 Å². The molecule has 1 atom stereocenters. The number of anilines is 1. The van der Waals surface area contributed by atoms with Crippen molar-refractivity contribution < 1.29 is 0 Å². The molecule has 1 saturated heterocycles. The molecule has 1 aromatic carbocycles. The number of hydrogen-bond donors (Lipinski definition) is 1. The van der Waals surface area contributed by atoms with Crippen molar-refractivity contribution in [1.29, 1.82) is 0 Å². The summed E-state index contributed by atoms with van der Waals surface area (Å²) in [6, 6.07) is 7.59. The maximum absolute atomic E-state index is 3.76. The second-order valence-corrected chi connectivity index (χ2v) is 6.54. The third-order valence-electron chi connectivity index (χ3n) is 5.28. The van der Waals surface area contributed by atoms with Gasteiger partial charge >= 0.3 is 0 Å². The topological polar surface area (TPSA) is 15.3 Å². The Bertz CT molecular complexity index is 447. The van der Waals surface area contributed by atoms with Gasteiger partial charge in [-0.25, -0.2) is 0 Å². The van der Waals surface area contributed by atoms with Crippen LogP contribution < -0.4 is 5.32 Å². The predicted molar refractivity (Wildman–Crippen MR) is 86.4 cm³/mol. The van der Waals surface area contributed by atoms with Crippen molar-refractivity contribution in [2.45, 2.75) is 52.0 Å². The van der Waals surface area contributed by atoms with E-state index < -0.39 is 0 Å².